The molecule has 1 aromatic rings. The first kappa shape index (κ1) is 13.9. The number of hydrogen-bond acceptors (Lipinski definition) is 3. The van der Waals surface area contributed by atoms with Crippen LogP contribution in [-0.4, -0.2) is 42.2 Å². The molecule has 1 atom stereocenters. The van der Waals surface area contributed by atoms with Crippen molar-refractivity contribution in [2.45, 2.75) is 19.8 Å². The number of aliphatic hydroxyl groups is 1. The van der Waals surface area contributed by atoms with E-state index in [9.17, 15) is 9.90 Å². The van der Waals surface area contributed by atoms with E-state index >= 15 is 0 Å². The number of hydrogen-bond donors (Lipinski definition) is 1. The number of amides is 1. The predicted octanol–water partition coefficient (Wildman–Crippen LogP) is 1.93. The van der Waals surface area contributed by atoms with E-state index in [1.165, 1.54) is 0 Å². The van der Waals surface area contributed by atoms with Gasteiger partial charge >= 0.3 is 0 Å². The Balaban J connectivity index is 2.14. The van der Waals surface area contributed by atoms with E-state index in [4.69, 9.17) is 4.74 Å². The molecule has 0 aliphatic carbocycles. The molecule has 0 spiro atoms. The summed E-state index contributed by atoms with van der Waals surface area (Å²) in [5.41, 5.74) is 0.614. The third kappa shape index (κ3) is 3.26. The maximum Gasteiger partial charge on any atom is 0.257 e. The summed E-state index contributed by atoms with van der Waals surface area (Å²) < 4.78 is 5.51. The van der Waals surface area contributed by atoms with E-state index in [1.807, 2.05) is 30.0 Å². The Hall–Kier alpha value is -1.55. The highest BCUT2D eigenvalue weighted by Gasteiger charge is 2.25. The number of ether oxygens (including phenoxy) is 1. The average Bonchev–Trinajstić information content (AvgIpc) is 2.47. The second-order valence-corrected chi connectivity index (χ2v) is 4.87. The number of likely N-dealkylation sites (tertiary alicyclic amines) is 1. The molecule has 2 rings (SSSR count). The molecule has 0 bridgehead atoms. The van der Waals surface area contributed by atoms with Crippen LogP contribution in [0.1, 0.15) is 30.1 Å². The van der Waals surface area contributed by atoms with Crippen molar-refractivity contribution in [3.63, 3.8) is 0 Å². The lowest BCUT2D eigenvalue weighted by atomic mass is 9.98. The van der Waals surface area contributed by atoms with Crippen molar-refractivity contribution in [1.82, 2.24) is 4.90 Å². The first-order valence-corrected chi connectivity index (χ1v) is 6.88. The summed E-state index contributed by atoms with van der Waals surface area (Å²) in [6.45, 7) is 4.00. The van der Waals surface area contributed by atoms with Gasteiger partial charge in [-0.05, 0) is 37.8 Å². The van der Waals surface area contributed by atoms with Gasteiger partial charge in [0.1, 0.15) is 5.75 Å². The topological polar surface area (TPSA) is 49.8 Å². The number of carbonyl (C=O) groups excluding carboxylic acids is 1. The van der Waals surface area contributed by atoms with E-state index in [-0.39, 0.29) is 18.4 Å². The summed E-state index contributed by atoms with van der Waals surface area (Å²) >= 11 is 0. The van der Waals surface area contributed by atoms with Crippen LogP contribution in [0.4, 0.5) is 0 Å². The van der Waals surface area contributed by atoms with E-state index < -0.39 is 0 Å². The lowest BCUT2D eigenvalue weighted by Gasteiger charge is -2.32. The second-order valence-electron chi connectivity index (χ2n) is 4.87. The zero-order valence-corrected chi connectivity index (χ0v) is 11.3. The molecule has 1 amide bonds. The van der Waals surface area contributed by atoms with Crippen molar-refractivity contribution >= 4 is 5.91 Å². The molecule has 1 unspecified atom stereocenters. The number of para-hydroxylation sites is 1. The maximum atomic E-state index is 12.5. The monoisotopic (exact) mass is 263 g/mol. The molecule has 1 saturated heterocycles. The number of carbonyl (C=O) groups is 1. The number of piperidine rings is 1. The highest BCUT2D eigenvalue weighted by molar-refractivity contribution is 5.97. The first-order chi connectivity index (χ1) is 9.26. The van der Waals surface area contributed by atoms with Gasteiger partial charge in [0.2, 0.25) is 0 Å². The Morgan fingerprint density at radius 3 is 3.00 bits per heavy atom. The molecule has 19 heavy (non-hydrogen) atoms. The Labute approximate surface area is 114 Å². The fourth-order valence-corrected chi connectivity index (χ4v) is 2.49. The molecule has 4 heteroatoms. The summed E-state index contributed by atoms with van der Waals surface area (Å²) in [7, 11) is 0. The molecule has 1 aliphatic rings. The van der Waals surface area contributed by atoms with Crippen molar-refractivity contribution < 1.29 is 14.6 Å². The first-order valence-electron chi connectivity index (χ1n) is 6.88. The summed E-state index contributed by atoms with van der Waals surface area (Å²) in [5.74, 6) is 0.847. The molecular formula is C15H21NO3. The summed E-state index contributed by atoms with van der Waals surface area (Å²) in [5, 5.41) is 9.24. The minimum absolute atomic E-state index is 0.00204. The standard InChI is InChI=1S/C15H21NO3/c1-2-19-14-8-4-3-7-13(14)15(18)16-9-5-6-12(10-16)11-17/h3-4,7-8,12,17H,2,5-6,9-11H2,1H3. The van der Waals surface area contributed by atoms with Gasteiger partial charge in [0.15, 0.2) is 0 Å². The molecule has 104 valence electrons. The molecule has 0 radical (unpaired) electrons. The predicted molar refractivity (Wildman–Crippen MR) is 73.3 cm³/mol. The maximum absolute atomic E-state index is 12.5. The normalized spacial score (nSPS) is 19.3. The van der Waals surface area contributed by atoms with Gasteiger partial charge in [0.25, 0.3) is 5.91 Å². The quantitative estimate of drug-likeness (QED) is 0.903. The smallest absolute Gasteiger partial charge is 0.257 e. The molecule has 4 nitrogen and oxygen atoms in total. The van der Waals surface area contributed by atoms with Crippen molar-refractivity contribution in [3.05, 3.63) is 29.8 Å². The van der Waals surface area contributed by atoms with Crippen molar-refractivity contribution in [3.8, 4) is 5.75 Å². The van der Waals surface area contributed by atoms with Crippen LogP contribution < -0.4 is 4.74 Å². The molecule has 0 aromatic heterocycles. The van der Waals surface area contributed by atoms with Gasteiger partial charge in [0.05, 0.1) is 12.2 Å². The van der Waals surface area contributed by atoms with Gasteiger partial charge in [-0.1, -0.05) is 12.1 Å². The zero-order chi connectivity index (χ0) is 13.7. The fraction of sp³-hybridized carbons (Fsp3) is 0.533. The summed E-state index contributed by atoms with van der Waals surface area (Å²) in [6, 6.07) is 7.35. The van der Waals surface area contributed by atoms with Crippen LogP contribution in [0.15, 0.2) is 24.3 Å². The van der Waals surface area contributed by atoms with Crippen LogP contribution in [0.3, 0.4) is 0 Å². The van der Waals surface area contributed by atoms with Crippen LogP contribution >= 0.6 is 0 Å². The van der Waals surface area contributed by atoms with Gasteiger partial charge in [-0.2, -0.15) is 0 Å². The summed E-state index contributed by atoms with van der Waals surface area (Å²) in [6.07, 6.45) is 1.95. The Kier molecular flexibility index (Phi) is 4.80. The molecule has 1 fully saturated rings. The molecule has 0 saturated carbocycles. The third-order valence-electron chi connectivity index (χ3n) is 3.48. The van der Waals surface area contributed by atoms with Gasteiger partial charge in [-0.3, -0.25) is 4.79 Å². The molecule has 1 aromatic carbocycles. The number of aliphatic hydroxyl groups excluding tert-OH is 1. The van der Waals surface area contributed by atoms with Gasteiger partial charge in [-0.15, -0.1) is 0 Å². The molecule has 1 aliphatic heterocycles. The van der Waals surface area contributed by atoms with Crippen LogP contribution in [0.2, 0.25) is 0 Å². The van der Waals surface area contributed by atoms with Crippen molar-refractivity contribution in [1.29, 1.82) is 0 Å². The van der Waals surface area contributed by atoms with Crippen LogP contribution in [0.5, 0.6) is 5.75 Å². The van der Waals surface area contributed by atoms with Crippen LogP contribution in [-0.2, 0) is 0 Å². The van der Waals surface area contributed by atoms with Gasteiger partial charge in [-0.25, -0.2) is 0 Å². The van der Waals surface area contributed by atoms with Crippen molar-refractivity contribution in [2.24, 2.45) is 5.92 Å². The third-order valence-corrected chi connectivity index (χ3v) is 3.48. The zero-order valence-electron chi connectivity index (χ0n) is 11.3. The van der Waals surface area contributed by atoms with E-state index in [0.29, 0.717) is 24.5 Å². The minimum Gasteiger partial charge on any atom is -0.493 e. The van der Waals surface area contributed by atoms with Crippen molar-refractivity contribution in [2.75, 3.05) is 26.3 Å². The number of nitrogens with zero attached hydrogens (tertiary/aromatic N) is 1. The number of rotatable bonds is 4. The minimum atomic E-state index is 0.00204. The largest absolute Gasteiger partial charge is 0.493 e. The SMILES string of the molecule is CCOc1ccccc1C(=O)N1CCCC(CO)C1. The second kappa shape index (κ2) is 6.57. The lowest BCUT2D eigenvalue weighted by Crippen LogP contribution is -2.41. The summed E-state index contributed by atoms with van der Waals surface area (Å²) in [4.78, 5) is 14.3. The highest BCUT2D eigenvalue weighted by Crippen LogP contribution is 2.23. The van der Waals surface area contributed by atoms with E-state index in [2.05, 4.69) is 0 Å². The Morgan fingerprint density at radius 1 is 1.47 bits per heavy atom. The Bertz CT molecular complexity index is 433. The number of benzene rings is 1. The highest BCUT2D eigenvalue weighted by atomic mass is 16.5. The Morgan fingerprint density at radius 2 is 2.26 bits per heavy atom. The van der Waals surface area contributed by atoms with Gasteiger partial charge in [0, 0.05) is 19.7 Å². The lowest BCUT2D eigenvalue weighted by molar-refractivity contribution is 0.0617. The fourth-order valence-electron chi connectivity index (χ4n) is 2.49. The molecule has 1 heterocycles. The van der Waals surface area contributed by atoms with Crippen LogP contribution in [0.25, 0.3) is 0 Å². The average molecular weight is 263 g/mol. The van der Waals surface area contributed by atoms with Gasteiger partial charge < -0.3 is 14.7 Å². The van der Waals surface area contributed by atoms with E-state index in [0.717, 1.165) is 19.4 Å². The van der Waals surface area contributed by atoms with Crippen LogP contribution in [0, 0.1) is 5.92 Å². The molecular weight excluding hydrogens is 242 g/mol. The van der Waals surface area contributed by atoms with E-state index in [1.54, 1.807) is 6.07 Å². The molecule has 1 N–H and O–H groups in total.